The second kappa shape index (κ2) is 12.4. The number of tetrazole rings is 1. The van der Waals surface area contributed by atoms with E-state index >= 15 is 0 Å². The lowest BCUT2D eigenvalue weighted by atomic mass is 10.2. The number of carbonyl (C=O) groups is 1. The van der Waals surface area contributed by atoms with Gasteiger partial charge in [0.1, 0.15) is 24.3 Å². The van der Waals surface area contributed by atoms with Gasteiger partial charge in [0.15, 0.2) is 5.82 Å². The van der Waals surface area contributed by atoms with Crippen LogP contribution in [0.25, 0.3) is 0 Å². The molecule has 0 fully saturated rings. The molecule has 0 saturated heterocycles. The molecule has 0 aliphatic heterocycles. The first-order chi connectivity index (χ1) is 16.9. The first-order valence-electron chi connectivity index (χ1n) is 11.2. The van der Waals surface area contributed by atoms with Gasteiger partial charge in [0.2, 0.25) is 5.88 Å². The van der Waals surface area contributed by atoms with Crippen molar-refractivity contribution < 1.29 is 19.0 Å². The van der Waals surface area contributed by atoms with Crippen molar-refractivity contribution in [1.82, 2.24) is 30.5 Å². The molecule has 2 aromatic heterocycles. The Hall–Kier alpha value is -4.04. The Bertz CT molecular complexity index is 1090. The highest BCUT2D eigenvalue weighted by Gasteiger charge is 2.28. The number of aromatic nitrogens is 5. The maximum absolute atomic E-state index is 12.6. The lowest BCUT2D eigenvalue weighted by molar-refractivity contribution is 0.0414. The topological polar surface area (TPSA) is 137 Å². The minimum Gasteiger partial charge on any atom is -0.475 e. The van der Waals surface area contributed by atoms with E-state index in [2.05, 4.69) is 31.9 Å². The van der Waals surface area contributed by atoms with Crippen LogP contribution < -0.4 is 10.1 Å². The zero-order valence-corrected chi connectivity index (χ0v) is 20.0. The fourth-order valence-corrected chi connectivity index (χ4v) is 3.12. The molecule has 0 aliphatic rings. The van der Waals surface area contributed by atoms with Crippen molar-refractivity contribution in [2.45, 2.75) is 51.5 Å². The number of nitrogens with zero attached hydrogens (tertiary/aromatic N) is 6. The van der Waals surface area contributed by atoms with Crippen molar-refractivity contribution in [2.75, 3.05) is 13.2 Å². The number of amides is 1. The van der Waals surface area contributed by atoms with Gasteiger partial charge in [-0.25, -0.2) is 14.5 Å². The highest BCUT2D eigenvalue weighted by molar-refractivity contribution is 5.68. The predicted octanol–water partition coefficient (Wildman–Crippen LogP) is 3.38. The zero-order chi connectivity index (χ0) is 25.1. The highest BCUT2D eigenvalue weighted by Crippen LogP contribution is 2.20. The summed E-state index contributed by atoms with van der Waals surface area (Å²) >= 11 is 0. The normalized spacial score (nSPS) is 12.9. The van der Waals surface area contributed by atoms with Crippen molar-refractivity contribution in [1.29, 1.82) is 5.26 Å². The van der Waals surface area contributed by atoms with E-state index in [1.807, 2.05) is 30.3 Å². The number of hydrogen-bond donors (Lipinski definition) is 1. The summed E-state index contributed by atoms with van der Waals surface area (Å²) in [5.41, 5.74) is 0.292. The third kappa shape index (κ3) is 8.35. The Morgan fingerprint density at radius 2 is 1.91 bits per heavy atom. The predicted molar refractivity (Wildman–Crippen MR) is 125 cm³/mol. The fraction of sp³-hybridized carbons (Fsp3) is 0.417. The van der Waals surface area contributed by atoms with E-state index < -0.39 is 23.8 Å². The smallest absolute Gasteiger partial charge is 0.408 e. The minimum absolute atomic E-state index is 0.0783. The summed E-state index contributed by atoms with van der Waals surface area (Å²) in [6.07, 6.45) is 1.05. The molecule has 184 valence electrons. The van der Waals surface area contributed by atoms with Gasteiger partial charge in [-0.1, -0.05) is 36.4 Å². The van der Waals surface area contributed by atoms with Crippen LogP contribution in [-0.4, -0.2) is 50.1 Å². The molecule has 0 aliphatic carbocycles. The quantitative estimate of drug-likeness (QED) is 0.438. The van der Waals surface area contributed by atoms with Crippen LogP contribution >= 0.6 is 0 Å². The summed E-state index contributed by atoms with van der Waals surface area (Å²) in [5, 5.41) is 24.2. The molecule has 11 heteroatoms. The third-order valence-electron chi connectivity index (χ3n) is 4.65. The van der Waals surface area contributed by atoms with E-state index in [0.29, 0.717) is 18.3 Å². The molecule has 1 amide bonds. The average Bonchev–Trinajstić information content (AvgIpc) is 3.31. The molecular formula is C24H29N7O4. The van der Waals surface area contributed by atoms with Gasteiger partial charge in [-0.3, -0.25) is 0 Å². The number of rotatable bonds is 11. The molecule has 11 nitrogen and oxygen atoms in total. The summed E-state index contributed by atoms with van der Waals surface area (Å²) in [7, 11) is 0. The molecule has 3 rings (SSSR count). The van der Waals surface area contributed by atoms with Gasteiger partial charge in [-0.2, -0.15) is 5.26 Å². The van der Waals surface area contributed by atoms with E-state index in [1.54, 1.807) is 45.2 Å². The van der Waals surface area contributed by atoms with Gasteiger partial charge in [0.05, 0.1) is 25.7 Å². The van der Waals surface area contributed by atoms with Crippen LogP contribution in [0.15, 0.2) is 54.7 Å². The third-order valence-corrected chi connectivity index (χ3v) is 4.65. The molecule has 0 bridgehead atoms. The van der Waals surface area contributed by atoms with Crippen LogP contribution in [0.2, 0.25) is 0 Å². The Kier molecular flexibility index (Phi) is 9.09. The minimum atomic E-state index is -0.736. The van der Waals surface area contributed by atoms with Crippen LogP contribution in [0.4, 0.5) is 4.79 Å². The van der Waals surface area contributed by atoms with E-state index in [0.717, 1.165) is 5.56 Å². The molecule has 2 atom stereocenters. The van der Waals surface area contributed by atoms with Crippen molar-refractivity contribution in [2.24, 2.45) is 0 Å². The maximum atomic E-state index is 12.6. The van der Waals surface area contributed by atoms with Crippen LogP contribution in [0, 0.1) is 11.3 Å². The van der Waals surface area contributed by atoms with Crippen molar-refractivity contribution in [3.05, 3.63) is 66.1 Å². The SMILES string of the molecule is CC(C)(C)OC(=O)N[C@H](COCc1ccccc1)c1nnnn1[C@H](CC#N)COc1ccccn1. The number of nitrogens with one attached hydrogen (secondary N) is 1. The van der Waals surface area contributed by atoms with Gasteiger partial charge in [0.25, 0.3) is 0 Å². The van der Waals surface area contributed by atoms with Crippen molar-refractivity contribution in [3.8, 4) is 11.9 Å². The fourth-order valence-electron chi connectivity index (χ4n) is 3.12. The Morgan fingerprint density at radius 1 is 1.14 bits per heavy atom. The summed E-state index contributed by atoms with van der Waals surface area (Å²) < 4.78 is 18.5. The van der Waals surface area contributed by atoms with Gasteiger partial charge in [0, 0.05) is 12.3 Å². The molecule has 3 aromatic rings. The molecule has 0 radical (unpaired) electrons. The van der Waals surface area contributed by atoms with Gasteiger partial charge < -0.3 is 19.5 Å². The van der Waals surface area contributed by atoms with E-state index in [4.69, 9.17) is 14.2 Å². The number of carbonyl (C=O) groups excluding carboxylic acids is 1. The van der Waals surface area contributed by atoms with Crippen LogP contribution in [0.3, 0.4) is 0 Å². The molecule has 1 N–H and O–H groups in total. The average molecular weight is 480 g/mol. The van der Waals surface area contributed by atoms with Crippen LogP contribution in [0.5, 0.6) is 5.88 Å². The number of ether oxygens (including phenoxy) is 3. The molecule has 0 unspecified atom stereocenters. The molecule has 0 spiro atoms. The maximum Gasteiger partial charge on any atom is 0.408 e. The lowest BCUT2D eigenvalue weighted by Gasteiger charge is -2.24. The number of benzene rings is 1. The van der Waals surface area contributed by atoms with Gasteiger partial charge in [-0.15, -0.1) is 5.10 Å². The van der Waals surface area contributed by atoms with E-state index in [1.165, 1.54) is 4.68 Å². The molecular weight excluding hydrogens is 450 g/mol. The monoisotopic (exact) mass is 479 g/mol. The summed E-state index contributed by atoms with van der Waals surface area (Å²) in [6, 6.07) is 15.8. The first kappa shape index (κ1) is 25.6. The molecule has 1 aromatic carbocycles. The number of pyridine rings is 1. The number of nitriles is 1. The van der Waals surface area contributed by atoms with Crippen molar-refractivity contribution in [3.63, 3.8) is 0 Å². The van der Waals surface area contributed by atoms with Gasteiger partial charge >= 0.3 is 6.09 Å². The van der Waals surface area contributed by atoms with Crippen molar-refractivity contribution >= 4 is 6.09 Å². The second-order valence-electron chi connectivity index (χ2n) is 8.68. The van der Waals surface area contributed by atoms with Crippen LogP contribution in [-0.2, 0) is 16.1 Å². The largest absolute Gasteiger partial charge is 0.475 e. The number of alkyl carbamates (subject to hydrolysis) is 1. The van der Waals surface area contributed by atoms with E-state index in [-0.39, 0.29) is 19.6 Å². The van der Waals surface area contributed by atoms with Gasteiger partial charge in [-0.05, 0) is 42.8 Å². The lowest BCUT2D eigenvalue weighted by Crippen LogP contribution is -2.38. The molecule has 35 heavy (non-hydrogen) atoms. The summed E-state index contributed by atoms with van der Waals surface area (Å²) in [6.45, 7) is 5.83. The summed E-state index contributed by atoms with van der Waals surface area (Å²) in [5.74, 6) is 0.730. The zero-order valence-electron chi connectivity index (χ0n) is 20.0. The standard InChI is InChI=1S/C24H29N7O4/c1-24(2,3)35-23(32)27-20(17-33-15-18-9-5-4-6-10-18)22-28-29-30-31(22)19(12-13-25)16-34-21-11-7-8-14-26-21/h4-11,14,19-20H,12,15-17H2,1-3H3,(H,27,32)/t19-,20-/m1/s1. The van der Waals surface area contributed by atoms with Crippen LogP contribution in [0.1, 0.15) is 50.7 Å². The highest BCUT2D eigenvalue weighted by atomic mass is 16.6. The first-order valence-corrected chi connectivity index (χ1v) is 11.2. The number of hydrogen-bond acceptors (Lipinski definition) is 9. The Balaban J connectivity index is 1.78. The Morgan fingerprint density at radius 3 is 2.60 bits per heavy atom. The second-order valence-corrected chi connectivity index (χ2v) is 8.68. The van der Waals surface area contributed by atoms with E-state index in [9.17, 15) is 10.1 Å². The molecule has 0 saturated carbocycles. The molecule has 2 heterocycles. The Labute approximate surface area is 204 Å². The summed E-state index contributed by atoms with van der Waals surface area (Å²) in [4.78, 5) is 16.7.